The maximum absolute atomic E-state index is 5.71. The number of nitrogens with one attached hydrogen (secondary N) is 1. The Bertz CT molecular complexity index is 384. The number of hydrogen-bond acceptors (Lipinski definition) is 3. The van der Waals surface area contributed by atoms with Crippen LogP contribution in [0.2, 0.25) is 0 Å². The Morgan fingerprint density at radius 3 is 3.06 bits per heavy atom. The van der Waals surface area contributed by atoms with Crippen molar-refractivity contribution in [2.75, 3.05) is 38.6 Å². The van der Waals surface area contributed by atoms with Gasteiger partial charge in [0.05, 0.1) is 12.7 Å². The van der Waals surface area contributed by atoms with Gasteiger partial charge in [-0.05, 0) is 31.7 Å². The van der Waals surface area contributed by atoms with E-state index < -0.39 is 0 Å². The SMILES string of the molecule is Cc1ccc(NCC2CN(C)CCO2)cc1Br. The van der Waals surface area contributed by atoms with E-state index in [9.17, 15) is 0 Å². The number of anilines is 1. The summed E-state index contributed by atoms with van der Waals surface area (Å²) in [6.07, 6.45) is 0.286. The molecule has 1 N–H and O–H groups in total. The van der Waals surface area contributed by atoms with Gasteiger partial charge in [-0.15, -0.1) is 0 Å². The van der Waals surface area contributed by atoms with Crippen LogP contribution < -0.4 is 5.32 Å². The van der Waals surface area contributed by atoms with Crippen LogP contribution in [0.5, 0.6) is 0 Å². The van der Waals surface area contributed by atoms with E-state index in [0.29, 0.717) is 0 Å². The Morgan fingerprint density at radius 2 is 2.35 bits per heavy atom. The third-order valence-electron chi connectivity index (χ3n) is 3.05. The van der Waals surface area contributed by atoms with Crippen LogP contribution in [0.1, 0.15) is 5.56 Å². The summed E-state index contributed by atoms with van der Waals surface area (Å²) >= 11 is 3.54. The molecule has 1 atom stereocenters. The van der Waals surface area contributed by atoms with Crippen molar-refractivity contribution >= 4 is 21.6 Å². The molecule has 2 rings (SSSR count). The molecule has 1 fully saturated rings. The van der Waals surface area contributed by atoms with Crippen molar-refractivity contribution in [3.8, 4) is 0 Å². The van der Waals surface area contributed by atoms with Gasteiger partial charge >= 0.3 is 0 Å². The quantitative estimate of drug-likeness (QED) is 0.928. The van der Waals surface area contributed by atoms with Crippen LogP contribution >= 0.6 is 15.9 Å². The predicted octanol–water partition coefficient (Wildman–Crippen LogP) is 2.50. The Hall–Kier alpha value is -0.580. The van der Waals surface area contributed by atoms with Crippen molar-refractivity contribution in [2.24, 2.45) is 0 Å². The Morgan fingerprint density at radius 1 is 1.53 bits per heavy atom. The first-order valence-corrected chi connectivity index (χ1v) is 6.74. The zero-order valence-corrected chi connectivity index (χ0v) is 12.0. The molecule has 0 aliphatic carbocycles. The normalized spacial score (nSPS) is 21.5. The first-order valence-electron chi connectivity index (χ1n) is 5.95. The lowest BCUT2D eigenvalue weighted by Crippen LogP contribution is -2.43. The highest BCUT2D eigenvalue weighted by molar-refractivity contribution is 9.10. The predicted molar refractivity (Wildman–Crippen MR) is 74.6 cm³/mol. The van der Waals surface area contributed by atoms with Crippen LogP contribution in [0.3, 0.4) is 0 Å². The molecule has 94 valence electrons. The molecule has 1 aromatic carbocycles. The zero-order chi connectivity index (χ0) is 12.3. The molecule has 0 saturated carbocycles. The molecular weight excluding hydrogens is 280 g/mol. The minimum Gasteiger partial charge on any atom is -0.382 e. The highest BCUT2D eigenvalue weighted by atomic mass is 79.9. The molecule has 4 heteroatoms. The van der Waals surface area contributed by atoms with Crippen LogP contribution in [0.15, 0.2) is 22.7 Å². The maximum Gasteiger partial charge on any atom is 0.0874 e. The number of likely N-dealkylation sites (N-methyl/N-ethyl adjacent to an activating group) is 1. The standard InChI is InChI=1S/C13H19BrN2O/c1-10-3-4-11(7-13(10)14)15-8-12-9-16(2)5-6-17-12/h3-4,7,12,15H,5-6,8-9H2,1-2H3. The van der Waals surface area contributed by atoms with Crippen LogP contribution in [-0.4, -0.2) is 44.3 Å². The molecule has 3 nitrogen and oxygen atoms in total. The van der Waals surface area contributed by atoms with Crippen LogP contribution in [0.4, 0.5) is 5.69 Å². The third-order valence-corrected chi connectivity index (χ3v) is 3.90. The summed E-state index contributed by atoms with van der Waals surface area (Å²) in [6.45, 7) is 5.82. The van der Waals surface area contributed by atoms with Gasteiger partial charge in [0.15, 0.2) is 0 Å². The number of morpholine rings is 1. The minimum absolute atomic E-state index is 0.286. The maximum atomic E-state index is 5.71. The van der Waals surface area contributed by atoms with Crippen molar-refractivity contribution in [1.82, 2.24) is 4.90 Å². The monoisotopic (exact) mass is 298 g/mol. The molecule has 1 aromatic rings. The molecule has 1 saturated heterocycles. The first-order chi connectivity index (χ1) is 8.15. The first kappa shape index (κ1) is 12.9. The van der Waals surface area contributed by atoms with Gasteiger partial charge in [-0.25, -0.2) is 0 Å². The van der Waals surface area contributed by atoms with Crippen LogP contribution in [0, 0.1) is 6.92 Å². The number of hydrogen-bond donors (Lipinski definition) is 1. The van der Waals surface area contributed by atoms with Crippen molar-refractivity contribution in [2.45, 2.75) is 13.0 Å². The Balaban J connectivity index is 1.86. The molecule has 0 aromatic heterocycles. The summed E-state index contributed by atoms with van der Waals surface area (Å²) in [5, 5.41) is 3.42. The lowest BCUT2D eigenvalue weighted by atomic mass is 10.2. The third kappa shape index (κ3) is 3.69. The van der Waals surface area contributed by atoms with Gasteiger partial charge in [-0.1, -0.05) is 22.0 Å². The molecule has 0 amide bonds. The van der Waals surface area contributed by atoms with Crippen molar-refractivity contribution in [3.05, 3.63) is 28.2 Å². The smallest absolute Gasteiger partial charge is 0.0874 e. The van der Waals surface area contributed by atoms with E-state index in [4.69, 9.17) is 4.74 Å². The summed E-state index contributed by atoms with van der Waals surface area (Å²) in [6, 6.07) is 6.33. The molecule has 1 aliphatic rings. The zero-order valence-electron chi connectivity index (χ0n) is 10.4. The van der Waals surface area contributed by atoms with E-state index in [-0.39, 0.29) is 6.10 Å². The van der Waals surface area contributed by atoms with Gasteiger partial charge in [-0.2, -0.15) is 0 Å². The van der Waals surface area contributed by atoms with E-state index in [2.05, 4.69) is 58.3 Å². The fourth-order valence-electron chi connectivity index (χ4n) is 1.92. The average Bonchev–Trinajstić information content (AvgIpc) is 2.31. The molecule has 1 heterocycles. The van der Waals surface area contributed by atoms with Crippen molar-refractivity contribution in [3.63, 3.8) is 0 Å². The van der Waals surface area contributed by atoms with Crippen LogP contribution in [-0.2, 0) is 4.74 Å². The number of benzene rings is 1. The molecule has 1 unspecified atom stereocenters. The summed E-state index contributed by atoms with van der Waals surface area (Å²) in [4.78, 5) is 2.31. The van der Waals surface area contributed by atoms with E-state index in [1.54, 1.807) is 0 Å². The minimum atomic E-state index is 0.286. The number of aryl methyl sites for hydroxylation is 1. The summed E-state index contributed by atoms with van der Waals surface area (Å²) in [5.74, 6) is 0. The van der Waals surface area contributed by atoms with Gasteiger partial charge in [0.2, 0.25) is 0 Å². The summed E-state index contributed by atoms with van der Waals surface area (Å²) in [5.41, 5.74) is 2.39. The van der Waals surface area contributed by atoms with Crippen molar-refractivity contribution in [1.29, 1.82) is 0 Å². The van der Waals surface area contributed by atoms with E-state index in [1.807, 2.05) is 0 Å². The Kier molecular flexibility index (Phi) is 4.42. The number of ether oxygens (including phenoxy) is 1. The molecular formula is C13H19BrN2O. The lowest BCUT2D eigenvalue weighted by molar-refractivity contribution is -0.0117. The largest absolute Gasteiger partial charge is 0.382 e. The highest BCUT2D eigenvalue weighted by Gasteiger charge is 2.17. The molecule has 0 radical (unpaired) electrons. The number of nitrogens with zero attached hydrogens (tertiary/aromatic N) is 1. The molecule has 0 spiro atoms. The second kappa shape index (κ2) is 5.85. The van der Waals surface area contributed by atoms with Gasteiger partial charge in [0.1, 0.15) is 0 Å². The van der Waals surface area contributed by atoms with Gasteiger partial charge in [0.25, 0.3) is 0 Å². The highest BCUT2D eigenvalue weighted by Crippen LogP contribution is 2.20. The van der Waals surface area contributed by atoms with Crippen LogP contribution in [0.25, 0.3) is 0 Å². The van der Waals surface area contributed by atoms with E-state index in [0.717, 1.165) is 36.4 Å². The van der Waals surface area contributed by atoms with Gasteiger partial charge in [0, 0.05) is 29.8 Å². The van der Waals surface area contributed by atoms with E-state index >= 15 is 0 Å². The molecule has 1 aliphatic heterocycles. The second-order valence-corrected chi connectivity index (χ2v) is 5.45. The number of rotatable bonds is 3. The van der Waals surface area contributed by atoms with E-state index in [1.165, 1.54) is 5.56 Å². The number of halogens is 1. The summed E-state index contributed by atoms with van der Waals surface area (Å²) in [7, 11) is 2.14. The summed E-state index contributed by atoms with van der Waals surface area (Å²) < 4.78 is 6.85. The van der Waals surface area contributed by atoms with Gasteiger partial charge in [-0.3, -0.25) is 0 Å². The average molecular weight is 299 g/mol. The fourth-order valence-corrected chi connectivity index (χ4v) is 2.30. The van der Waals surface area contributed by atoms with Crippen molar-refractivity contribution < 1.29 is 4.74 Å². The fraction of sp³-hybridized carbons (Fsp3) is 0.538. The van der Waals surface area contributed by atoms with Gasteiger partial charge < -0.3 is 15.0 Å². The lowest BCUT2D eigenvalue weighted by Gasteiger charge is -2.30. The Labute approximate surface area is 111 Å². The topological polar surface area (TPSA) is 24.5 Å². The molecule has 0 bridgehead atoms. The molecule has 17 heavy (non-hydrogen) atoms. The second-order valence-electron chi connectivity index (χ2n) is 4.60.